The number of piperazine rings is 1. The van der Waals surface area contributed by atoms with Crippen LogP contribution in [-0.2, 0) is 27.7 Å². The zero-order chi connectivity index (χ0) is 22.9. The molecule has 1 N–H and O–H groups in total. The number of nitriles is 1. The maximum absolute atomic E-state index is 12.9. The molecule has 1 amide bonds. The number of aryl methyl sites for hydroxylation is 1. The van der Waals surface area contributed by atoms with Crippen molar-refractivity contribution in [2.24, 2.45) is 5.92 Å². The number of hydrogen-bond donors (Lipinski definition) is 1. The molecular formula is C23H28N4O3S2. The minimum absolute atomic E-state index is 0.164. The number of nitrogens with zero attached hydrogens (tertiary/aromatic N) is 3. The lowest BCUT2D eigenvalue weighted by Crippen LogP contribution is -2.50. The number of rotatable bonds is 5. The fraction of sp³-hybridized carbons (Fsp3) is 0.478. The Morgan fingerprint density at radius 3 is 2.56 bits per heavy atom. The van der Waals surface area contributed by atoms with Crippen molar-refractivity contribution in [2.75, 3.05) is 38.0 Å². The zero-order valence-electron chi connectivity index (χ0n) is 18.4. The number of benzene rings is 1. The molecular weight excluding hydrogens is 444 g/mol. The molecule has 0 radical (unpaired) electrons. The van der Waals surface area contributed by atoms with E-state index in [9.17, 15) is 18.5 Å². The maximum Gasteiger partial charge on any atom is 0.243 e. The molecule has 0 saturated carbocycles. The summed E-state index contributed by atoms with van der Waals surface area (Å²) in [5, 5.41) is 13.2. The van der Waals surface area contributed by atoms with Gasteiger partial charge in [0.1, 0.15) is 11.1 Å². The van der Waals surface area contributed by atoms with Crippen LogP contribution in [0.2, 0.25) is 0 Å². The summed E-state index contributed by atoms with van der Waals surface area (Å²) in [6, 6.07) is 9.15. The van der Waals surface area contributed by atoms with Crippen molar-refractivity contribution in [3.05, 3.63) is 45.8 Å². The van der Waals surface area contributed by atoms with E-state index in [0.29, 0.717) is 47.6 Å². The number of fused-ring (bicyclic) bond motifs is 1. The number of thiophene rings is 1. The second-order valence-corrected chi connectivity index (χ2v) is 11.8. The summed E-state index contributed by atoms with van der Waals surface area (Å²) < 4.78 is 27.2. The van der Waals surface area contributed by atoms with Gasteiger partial charge in [0.25, 0.3) is 0 Å². The van der Waals surface area contributed by atoms with Crippen LogP contribution in [0.5, 0.6) is 0 Å². The van der Waals surface area contributed by atoms with Crippen molar-refractivity contribution in [2.45, 2.75) is 38.0 Å². The van der Waals surface area contributed by atoms with Crippen molar-refractivity contribution < 1.29 is 13.2 Å². The standard InChI is InChI=1S/C23H28N4O3S2/c1-16-3-6-18(7-4-16)32(29,30)27-11-9-26(10-12-27)15-22(28)25-23-20(14-24)19-8-5-17(2)13-21(19)31-23/h3-4,6-7,17H,5,8-13,15H2,1-2H3,(H,25,28). The highest BCUT2D eigenvalue weighted by Crippen LogP contribution is 2.39. The highest BCUT2D eigenvalue weighted by molar-refractivity contribution is 7.89. The van der Waals surface area contributed by atoms with Gasteiger partial charge in [0, 0.05) is 31.1 Å². The van der Waals surface area contributed by atoms with Crippen molar-refractivity contribution in [1.29, 1.82) is 5.26 Å². The van der Waals surface area contributed by atoms with E-state index in [2.05, 4.69) is 18.3 Å². The summed E-state index contributed by atoms with van der Waals surface area (Å²) in [4.78, 5) is 16.1. The third-order valence-corrected chi connectivity index (χ3v) is 9.32. The molecule has 2 aliphatic rings. The van der Waals surface area contributed by atoms with Crippen LogP contribution in [0, 0.1) is 24.2 Å². The van der Waals surface area contributed by atoms with E-state index in [0.717, 1.165) is 30.4 Å². The molecule has 32 heavy (non-hydrogen) atoms. The number of anilines is 1. The fourth-order valence-corrected chi connectivity index (χ4v) is 7.11. The molecule has 170 valence electrons. The summed E-state index contributed by atoms with van der Waals surface area (Å²) >= 11 is 1.52. The number of sulfonamides is 1. The SMILES string of the molecule is Cc1ccc(S(=O)(=O)N2CCN(CC(=O)Nc3sc4c(c3C#N)CCC(C)C4)CC2)cc1. The number of carbonyl (C=O) groups excluding carboxylic acids is 1. The first kappa shape index (κ1) is 22.9. The van der Waals surface area contributed by atoms with Gasteiger partial charge < -0.3 is 5.32 Å². The molecule has 1 aliphatic heterocycles. The minimum atomic E-state index is -3.52. The van der Waals surface area contributed by atoms with Crippen LogP contribution in [0.4, 0.5) is 5.00 Å². The van der Waals surface area contributed by atoms with Crippen LogP contribution in [0.1, 0.15) is 34.9 Å². The molecule has 1 aliphatic carbocycles. The molecule has 2 aromatic rings. The lowest BCUT2D eigenvalue weighted by atomic mass is 9.89. The zero-order valence-corrected chi connectivity index (χ0v) is 20.1. The van der Waals surface area contributed by atoms with Crippen LogP contribution in [0.25, 0.3) is 0 Å². The van der Waals surface area contributed by atoms with Gasteiger partial charge in [-0.2, -0.15) is 9.57 Å². The van der Waals surface area contributed by atoms with Gasteiger partial charge in [-0.3, -0.25) is 9.69 Å². The second kappa shape index (κ2) is 9.32. The largest absolute Gasteiger partial charge is 0.315 e. The van der Waals surface area contributed by atoms with Gasteiger partial charge in [0.05, 0.1) is 17.0 Å². The Balaban J connectivity index is 1.34. The summed E-state index contributed by atoms with van der Waals surface area (Å²) in [5.41, 5.74) is 2.72. The van der Waals surface area contributed by atoms with E-state index >= 15 is 0 Å². The maximum atomic E-state index is 12.9. The Kier molecular flexibility index (Phi) is 6.67. The predicted molar refractivity (Wildman–Crippen MR) is 125 cm³/mol. The Labute approximate surface area is 193 Å². The average Bonchev–Trinajstić information content (AvgIpc) is 3.10. The molecule has 1 aromatic carbocycles. The summed E-state index contributed by atoms with van der Waals surface area (Å²) in [6.07, 6.45) is 2.92. The minimum Gasteiger partial charge on any atom is -0.315 e. The average molecular weight is 473 g/mol. The van der Waals surface area contributed by atoms with Gasteiger partial charge in [-0.15, -0.1) is 11.3 Å². The first-order valence-corrected chi connectivity index (χ1v) is 13.2. The van der Waals surface area contributed by atoms with E-state index in [1.165, 1.54) is 20.5 Å². The first-order valence-electron chi connectivity index (χ1n) is 10.9. The van der Waals surface area contributed by atoms with E-state index in [1.54, 1.807) is 24.3 Å². The third-order valence-electron chi connectivity index (χ3n) is 6.23. The molecule has 7 nitrogen and oxygen atoms in total. The molecule has 2 heterocycles. The van der Waals surface area contributed by atoms with Crippen LogP contribution in [0.3, 0.4) is 0 Å². The van der Waals surface area contributed by atoms with Crippen LogP contribution in [-0.4, -0.2) is 56.3 Å². The van der Waals surface area contributed by atoms with Crippen LogP contribution < -0.4 is 5.32 Å². The monoisotopic (exact) mass is 472 g/mol. The number of amides is 1. The number of nitrogens with one attached hydrogen (secondary N) is 1. The smallest absolute Gasteiger partial charge is 0.243 e. The lowest BCUT2D eigenvalue weighted by Gasteiger charge is -2.33. The molecule has 4 rings (SSSR count). The van der Waals surface area contributed by atoms with Gasteiger partial charge >= 0.3 is 0 Å². The van der Waals surface area contributed by atoms with Crippen LogP contribution in [0.15, 0.2) is 29.2 Å². The Hall–Kier alpha value is -2.25. The molecule has 1 saturated heterocycles. The molecule has 1 aromatic heterocycles. The molecule has 0 spiro atoms. The van der Waals surface area contributed by atoms with Crippen molar-refractivity contribution in [1.82, 2.24) is 9.21 Å². The highest BCUT2D eigenvalue weighted by Gasteiger charge is 2.30. The van der Waals surface area contributed by atoms with Crippen molar-refractivity contribution >= 4 is 32.3 Å². The highest BCUT2D eigenvalue weighted by atomic mass is 32.2. The quantitative estimate of drug-likeness (QED) is 0.722. The summed E-state index contributed by atoms with van der Waals surface area (Å²) in [7, 11) is -3.52. The molecule has 9 heteroatoms. The van der Waals surface area contributed by atoms with Crippen molar-refractivity contribution in [3.63, 3.8) is 0 Å². The molecule has 1 fully saturated rings. The number of carbonyl (C=O) groups is 1. The van der Waals surface area contributed by atoms with Gasteiger partial charge in [-0.1, -0.05) is 24.6 Å². The molecule has 1 atom stereocenters. The Bertz CT molecular complexity index is 1140. The van der Waals surface area contributed by atoms with E-state index in [1.807, 2.05) is 11.8 Å². The van der Waals surface area contributed by atoms with Gasteiger partial charge in [-0.05, 0) is 49.8 Å². The third kappa shape index (κ3) is 4.74. The Morgan fingerprint density at radius 1 is 1.22 bits per heavy atom. The van der Waals surface area contributed by atoms with Crippen molar-refractivity contribution in [3.8, 4) is 6.07 Å². The van der Waals surface area contributed by atoms with E-state index in [4.69, 9.17) is 0 Å². The fourth-order valence-electron chi connectivity index (χ4n) is 4.31. The lowest BCUT2D eigenvalue weighted by molar-refractivity contribution is -0.117. The van der Waals surface area contributed by atoms with Gasteiger partial charge in [-0.25, -0.2) is 8.42 Å². The van der Waals surface area contributed by atoms with E-state index in [-0.39, 0.29) is 12.5 Å². The van der Waals surface area contributed by atoms with E-state index < -0.39 is 10.0 Å². The Morgan fingerprint density at radius 2 is 1.91 bits per heavy atom. The summed E-state index contributed by atoms with van der Waals surface area (Å²) in [6.45, 7) is 5.99. The summed E-state index contributed by atoms with van der Waals surface area (Å²) in [5.74, 6) is 0.437. The second-order valence-electron chi connectivity index (χ2n) is 8.71. The van der Waals surface area contributed by atoms with Gasteiger partial charge in [0.15, 0.2) is 0 Å². The van der Waals surface area contributed by atoms with Gasteiger partial charge in [0.2, 0.25) is 15.9 Å². The molecule has 1 unspecified atom stereocenters. The molecule has 0 bridgehead atoms. The first-order chi connectivity index (χ1) is 15.3. The number of hydrogen-bond acceptors (Lipinski definition) is 6. The predicted octanol–water partition coefficient (Wildman–Crippen LogP) is 3.00. The normalized spacial score (nSPS) is 19.8. The van der Waals surface area contributed by atoms with Crippen LogP contribution >= 0.6 is 11.3 Å². The topological polar surface area (TPSA) is 93.5 Å².